The zero-order chi connectivity index (χ0) is 13.0. The molecule has 90 valence electrons. The van der Waals surface area contributed by atoms with Crippen molar-refractivity contribution < 1.29 is 9.13 Å². The smallest absolute Gasteiger partial charge is 0.124 e. The summed E-state index contributed by atoms with van der Waals surface area (Å²) in [5, 5.41) is 8.82. The Balaban J connectivity index is 2.10. The van der Waals surface area contributed by atoms with Crippen LogP contribution in [0.25, 0.3) is 0 Å². The predicted molar refractivity (Wildman–Crippen MR) is 66.6 cm³/mol. The maximum absolute atomic E-state index is 12.7. The Bertz CT molecular complexity index is 584. The van der Waals surface area contributed by atoms with Crippen molar-refractivity contribution in [1.29, 1.82) is 5.26 Å². The van der Waals surface area contributed by atoms with Crippen LogP contribution in [0.3, 0.4) is 0 Å². The van der Waals surface area contributed by atoms with Gasteiger partial charge in [-0.15, -0.1) is 0 Å². The molecule has 3 heteroatoms. The third-order valence-electron chi connectivity index (χ3n) is 2.62. The zero-order valence-corrected chi connectivity index (χ0v) is 9.98. The van der Waals surface area contributed by atoms with Crippen molar-refractivity contribution in [3.63, 3.8) is 0 Å². The Morgan fingerprint density at radius 2 is 1.89 bits per heavy atom. The molecule has 2 rings (SSSR count). The molecule has 0 aliphatic heterocycles. The van der Waals surface area contributed by atoms with Crippen molar-refractivity contribution >= 4 is 0 Å². The van der Waals surface area contributed by atoms with E-state index >= 15 is 0 Å². The van der Waals surface area contributed by atoms with Crippen LogP contribution in [0.1, 0.15) is 16.7 Å². The molecule has 0 atom stereocenters. The van der Waals surface area contributed by atoms with Gasteiger partial charge in [0.2, 0.25) is 0 Å². The summed E-state index contributed by atoms with van der Waals surface area (Å²) in [4.78, 5) is 0. The van der Waals surface area contributed by atoms with E-state index in [1.165, 1.54) is 12.1 Å². The average molecular weight is 241 g/mol. The van der Waals surface area contributed by atoms with Gasteiger partial charge in [-0.3, -0.25) is 0 Å². The first-order chi connectivity index (χ1) is 8.69. The number of rotatable bonds is 3. The maximum Gasteiger partial charge on any atom is 0.124 e. The van der Waals surface area contributed by atoms with E-state index in [-0.39, 0.29) is 5.82 Å². The van der Waals surface area contributed by atoms with Gasteiger partial charge in [0.25, 0.3) is 0 Å². The molecule has 0 spiro atoms. The summed E-state index contributed by atoms with van der Waals surface area (Å²) >= 11 is 0. The van der Waals surface area contributed by atoms with Gasteiger partial charge in [-0.05, 0) is 42.3 Å². The SMILES string of the molecule is Cc1ccc(C#N)cc1OCc1ccc(F)cc1. The molecular weight excluding hydrogens is 229 g/mol. The number of benzene rings is 2. The van der Waals surface area contributed by atoms with Crippen LogP contribution in [0.5, 0.6) is 5.75 Å². The predicted octanol–water partition coefficient (Wildman–Crippen LogP) is 3.58. The summed E-state index contributed by atoms with van der Waals surface area (Å²) in [6, 6.07) is 13.5. The lowest BCUT2D eigenvalue weighted by atomic mass is 10.1. The van der Waals surface area contributed by atoms with E-state index in [1.54, 1.807) is 24.3 Å². The molecule has 18 heavy (non-hydrogen) atoms. The number of nitriles is 1. The van der Waals surface area contributed by atoms with Crippen LogP contribution in [0, 0.1) is 24.1 Å². The van der Waals surface area contributed by atoms with Crippen molar-refractivity contribution in [2.24, 2.45) is 0 Å². The minimum Gasteiger partial charge on any atom is -0.489 e. The summed E-state index contributed by atoms with van der Waals surface area (Å²) in [7, 11) is 0. The van der Waals surface area contributed by atoms with Crippen molar-refractivity contribution in [1.82, 2.24) is 0 Å². The van der Waals surface area contributed by atoms with E-state index in [0.717, 1.165) is 11.1 Å². The Labute approximate surface area is 105 Å². The quantitative estimate of drug-likeness (QED) is 0.822. The van der Waals surface area contributed by atoms with Crippen LogP contribution < -0.4 is 4.74 Å². The van der Waals surface area contributed by atoms with Crippen LogP contribution in [0.4, 0.5) is 4.39 Å². The molecule has 0 unspecified atom stereocenters. The normalized spacial score (nSPS) is 9.83. The zero-order valence-electron chi connectivity index (χ0n) is 9.98. The molecular formula is C15H12FNO. The average Bonchev–Trinajstić information content (AvgIpc) is 2.40. The Hall–Kier alpha value is -2.34. The van der Waals surface area contributed by atoms with E-state index < -0.39 is 0 Å². The molecule has 0 aliphatic carbocycles. The van der Waals surface area contributed by atoms with Gasteiger partial charge >= 0.3 is 0 Å². The lowest BCUT2D eigenvalue weighted by Gasteiger charge is -2.09. The number of nitrogens with zero attached hydrogens (tertiary/aromatic N) is 1. The summed E-state index contributed by atoms with van der Waals surface area (Å²) in [5.41, 5.74) is 2.42. The third-order valence-corrected chi connectivity index (χ3v) is 2.62. The van der Waals surface area contributed by atoms with Crippen molar-refractivity contribution in [3.05, 3.63) is 65.0 Å². The minimum atomic E-state index is -0.263. The molecule has 2 nitrogen and oxygen atoms in total. The van der Waals surface area contributed by atoms with Crippen molar-refractivity contribution in [2.45, 2.75) is 13.5 Å². The molecule has 0 aliphatic rings. The number of halogens is 1. The highest BCUT2D eigenvalue weighted by molar-refractivity contribution is 5.41. The van der Waals surface area contributed by atoms with Crippen molar-refractivity contribution in [2.75, 3.05) is 0 Å². The van der Waals surface area contributed by atoms with E-state index in [0.29, 0.717) is 17.9 Å². The van der Waals surface area contributed by atoms with Crippen LogP contribution in [-0.2, 0) is 6.61 Å². The Morgan fingerprint density at radius 3 is 2.56 bits per heavy atom. The molecule has 0 aromatic heterocycles. The van der Waals surface area contributed by atoms with Gasteiger partial charge in [-0.2, -0.15) is 5.26 Å². The van der Waals surface area contributed by atoms with Crippen LogP contribution in [-0.4, -0.2) is 0 Å². The monoisotopic (exact) mass is 241 g/mol. The Kier molecular flexibility index (Phi) is 3.59. The van der Waals surface area contributed by atoms with E-state index in [2.05, 4.69) is 6.07 Å². The number of aryl methyl sites for hydroxylation is 1. The molecule has 2 aromatic rings. The lowest BCUT2D eigenvalue weighted by molar-refractivity contribution is 0.304. The summed E-state index contributed by atoms with van der Waals surface area (Å²) in [6.45, 7) is 2.27. The second-order valence-corrected chi connectivity index (χ2v) is 4.01. The Morgan fingerprint density at radius 1 is 1.17 bits per heavy atom. The number of hydrogen-bond acceptors (Lipinski definition) is 2. The van der Waals surface area contributed by atoms with Gasteiger partial charge in [0.15, 0.2) is 0 Å². The first kappa shape index (κ1) is 12.1. The first-order valence-electron chi connectivity index (χ1n) is 5.57. The van der Waals surface area contributed by atoms with Crippen LogP contribution >= 0.6 is 0 Å². The minimum absolute atomic E-state index is 0.263. The third kappa shape index (κ3) is 2.86. The molecule has 0 heterocycles. The first-order valence-corrected chi connectivity index (χ1v) is 5.57. The van der Waals surface area contributed by atoms with E-state index in [9.17, 15) is 4.39 Å². The fourth-order valence-electron chi connectivity index (χ4n) is 1.57. The molecule has 0 bridgehead atoms. The van der Waals surface area contributed by atoms with Crippen molar-refractivity contribution in [3.8, 4) is 11.8 Å². The largest absolute Gasteiger partial charge is 0.489 e. The molecule has 0 amide bonds. The van der Waals surface area contributed by atoms with E-state index in [4.69, 9.17) is 10.00 Å². The lowest BCUT2D eigenvalue weighted by Crippen LogP contribution is -1.97. The fraction of sp³-hybridized carbons (Fsp3) is 0.133. The standard InChI is InChI=1S/C15H12FNO/c1-11-2-3-13(9-17)8-15(11)18-10-12-4-6-14(16)7-5-12/h2-8H,10H2,1H3. The van der Waals surface area contributed by atoms with Gasteiger partial charge in [0.05, 0.1) is 11.6 Å². The van der Waals surface area contributed by atoms with Gasteiger partial charge in [-0.1, -0.05) is 18.2 Å². The molecule has 0 fully saturated rings. The fourth-order valence-corrected chi connectivity index (χ4v) is 1.57. The summed E-state index contributed by atoms with van der Waals surface area (Å²) in [6.07, 6.45) is 0. The second-order valence-electron chi connectivity index (χ2n) is 4.01. The molecule has 0 radical (unpaired) electrons. The topological polar surface area (TPSA) is 33.0 Å². The second kappa shape index (κ2) is 5.33. The highest BCUT2D eigenvalue weighted by Gasteiger charge is 2.02. The number of hydrogen-bond donors (Lipinski definition) is 0. The highest BCUT2D eigenvalue weighted by atomic mass is 19.1. The number of ether oxygens (including phenoxy) is 1. The van der Waals surface area contributed by atoms with Gasteiger partial charge in [0.1, 0.15) is 18.2 Å². The van der Waals surface area contributed by atoms with Gasteiger partial charge in [-0.25, -0.2) is 4.39 Å². The maximum atomic E-state index is 12.7. The molecule has 0 N–H and O–H groups in total. The molecule has 0 saturated heterocycles. The van der Waals surface area contributed by atoms with Crippen LogP contribution in [0.2, 0.25) is 0 Å². The summed E-state index contributed by atoms with van der Waals surface area (Å²) < 4.78 is 18.4. The van der Waals surface area contributed by atoms with Gasteiger partial charge < -0.3 is 4.74 Å². The van der Waals surface area contributed by atoms with Gasteiger partial charge in [0, 0.05) is 0 Å². The molecule has 0 saturated carbocycles. The summed E-state index contributed by atoms with van der Waals surface area (Å²) in [5.74, 6) is 0.416. The van der Waals surface area contributed by atoms with E-state index in [1.807, 2.05) is 13.0 Å². The highest BCUT2D eigenvalue weighted by Crippen LogP contribution is 2.20. The van der Waals surface area contributed by atoms with Crippen LogP contribution in [0.15, 0.2) is 42.5 Å². The molecule has 2 aromatic carbocycles.